The predicted molar refractivity (Wildman–Crippen MR) is 152 cm³/mol. The highest BCUT2D eigenvalue weighted by molar-refractivity contribution is 5.95. The lowest BCUT2D eigenvalue weighted by atomic mass is 9.78. The molecule has 9 N–H and O–H groups in total. The Labute approximate surface area is 250 Å². The van der Waals surface area contributed by atoms with Crippen LogP contribution < -0.4 is 27.3 Å². The molecular formula is C31H32F4N5O4+. The molecular weight excluding hydrogens is 582 g/mol. The van der Waals surface area contributed by atoms with E-state index < -0.39 is 47.1 Å². The number of nitrogens with zero attached hydrogens (tertiary/aromatic N) is 1. The number of pyridine rings is 1. The molecule has 3 aromatic rings. The zero-order chi connectivity index (χ0) is 32.0. The van der Waals surface area contributed by atoms with Crippen molar-refractivity contribution in [1.29, 1.82) is 0 Å². The molecule has 232 valence electrons. The van der Waals surface area contributed by atoms with Crippen molar-refractivity contribution in [3.8, 4) is 17.0 Å². The number of hydrogen-bond acceptors (Lipinski definition) is 6. The minimum Gasteiger partial charge on any atom is -0.489 e. The number of ether oxygens (including phenoxy) is 1. The van der Waals surface area contributed by atoms with E-state index in [1.54, 1.807) is 19.1 Å². The van der Waals surface area contributed by atoms with Crippen LogP contribution in [0.25, 0.3) is 17.3 Å². The molecule has 2 atom stereocenters. The summed E-state index contributed by atoms with van der Waals surface area (Å²) < 4.78 is 63.6. The molecule has 1 fully saturated rings. The average Bonchev–Trinajstić information content (AvgIpc) is 3.76. The molecule has 2 aromatic carbocycles. The van der Waals surface area contributed by atoms with Gasteiger partial charge < -0.3 is 32.4 Å². The smallest absolute Gasteiger partial charge is 0.424 e. The molecule has 2 amide bonds. The minimum absolute atomic E-state index is 0.00143. The zero-order valence-electron chi connectivity index (χ0n) is 23.8. The van der Waals surface area contributed by atoms with E-state index in [1.165, 1.54) is 24.3 Å². The number of aromatic nitrogens is 1. The monoisotopic (exact) mass is 614 g/mol. The molecule has 1 saturated carbocycles. The molecule has 1 aliphatic carbocycles. The van der Waals surface area contributed by atoms with Gasteiger partial charge >= 0.3 is 6.18 Å². The number of rotatable bonds is 9. The second-order valence-electron chi connectivity index (χ2n) is 11.2. The third-order valence-corrected chi connectivity index (χ3v) is 8.32. The Morgan fingerprint density at radius 2 is 1.84 bits per heavy atom. The van der Waals surface area contributed by atoms with Gasteiger partial charge in [-0.3, -0.25) is 9.59 Å². The molecule has 2 aliphatic rings. The van der Waals surface area contributed by atoms with Crippen LogP contribution in [0.4, 0.5) is 23.2 Å². The van der Waals surface area contributed by atoms with Crippen LogP contribution in [0, 0.1) is 11.7 Å². The van der Waals surface area contributed by atoms with E-state index in [0.717, 1.165) is 31.0 Å². The van der Waals surface area contributed by atoms with E-state index in [0.29, 0.717) is 16.9 Å². The van der Waals surface area contributed by atoms with Gasteiger partial charge in [0.15, 0.2) is 0 Å². The first-order chi connectivity index (χ1) is 20.7. The number of nitrogens with two attached hydrogens (primary N) is 2. The molecule has 0 spiro atoms. The highest BCUT2D eigenvalue weighted by Gasteiger charge is 2.58. The van der Waals surface area contributed by atoms with Crippen LogP contribution in [-0.2, 0) is 15.8 Å². The average molecular weight is 615 g/mol. The summed E-state index contributed by atoms with van der Waals surface area (Å²) in [6, 6.07) is 10.1. The Kier molecular flexibility index (Phi) is 7.89. The number of primary amides is 1. The van der Waals surface area contributed by atoms with Crippen molar-refractivity contribution in [2.75, 3.05) is 13.2 Å². The summed E-state index contributed by atoms with van der Waals surface area (Å²) >= 11 is 0. The van der Waals surface area contributed by atoms with Crippen LogP contribution in [0.3, 0.4) is 0 Å². The summed E-state index contributed by atoms with van der Waals surface area (Å²) in [5.41, 5.74) is 11.4. The van der Waals surface area contributed by atoms with Gasteiger partial charge in [-0.05, 0) is 73.7 Å². The number of amides is 2. The van der Waals surface area contributed by atoms with Crippen molar-refractivity contribution in [3.63, 3.8) is 0 Å². The molecule has 0 radical (unpaired) electrons. The Hall–Kier alpha value is -4.49. The molecule has 9 nitrogen and oxygen atoms in total. The molecule has 0 bridgehead atoms. The predicted octanol–water partition coefficient (Wildman–Crippen LogP) is 3.18. The van der Waals surface area contributed by atoms with Gasteiger partial charge in [0.05, 0.1) is 12.2 Å². The Morgan fingerprint density at radius 1 is 1.16 bits per heavy atom. The first-order valence-corrected chi connectivity index (χ1v) is 13.9. The van der Waals surface area contributed by atoms with Crippen molar-refractivity contribution in [2.45, 2.75) is 43.4 Å². The van der Waals surface area contributed by atoms with Crippen molar-refractivity contribution < 1.29 is 42.7 Å². The highest BCUT2D eigenvalue weighted by atomic mass is 19.4. The fourth-order valence-electron chi connectivity index (χ4n) is 5.22. The largest absolute Gasteiger partial charge is 0.489 e. The highest BCUT2D eigenvalue weighted by Crippen LogP contribution is 2.49. The third kappa shape index (κ3) is 5.48. The molecule has 0 unspecified atom stereocenters. The van der Waals surface area contributed by atoms with Crippen molar-refractivity contribution in [3.05, 3.63) is 82.4 Å². The van der Waals surface area contributed by atoms with Crippen LogP contribution in [0.5, 0.6) is 5.75 Å². The van der Waals surface area contributed by atoms with Crippen molar-refractivity contribution >= 4 is 23.6 Å². The molecule has 1 aromatic heterocycles. The lowest BCUT2D eigenvalue weighted by molar-refractivity contribution is -0.265. The number of aliphatic hydroxyl groups is 1. The van der Waals surface area contributed by atoms with E-state index in [-0.39, 0.29) is 47.1 Å². The number of hydrogen-bond donors (Lipinski definition) is 5. The van der Waals surface area contributed by atoms with Crippen LogP contribution in [0.2, 0.25) is 0 Å². The number of fused-ring (bicyclic) bond motifs is 1. The Bertz CT molecular complexity index is 1660. The normalized spacial score (nSPS) is 19.6. The van der Waals surface area contributed by atoms with Crippen LogP contribution >= 0.6 is 0 Å². The third-order valence-electron chi connectivity index (χ3n) is 8.32. The van der Waals surface area contributed by atoms with Gasteiger partial charge in [-0.25, -0.2) is 9.37 Å². The standard InChI is InChI=1S/C31H31F4N5O4/c1-2-29(28(38)42)15-44-26-21(29)13-24(40-25(26)17-5-8-20(32)9-6-17)30(43,31(33,34)35)14-39-27(41)18-7-10-22(36)19(11-18)12-23(37)16-3-4-16/h5-13,16,43H,2-4,14-15,36-37H2,1H3,(H2,38,42)(H,39,41)/p+1/b23-12-/t29-,30-/m0/s1. The number of benzene rings is 2. The van der Waals surface area contributed by atoms with Gasteiger partial charge in [0.25, 0.3) is 5.91 Å². The van der Waals surface area contributed by atoms with Gasteiger partial charge in [0, 0.05) is 34.0 Å². The van der Waals surface area contributed by atoms with Crippen molar-refractivity contribution in [2.24, 2.45) is 17.4 Å². The van der Waals surface area contributed by atoms with Crippen LogP contribution in [0.1, 0.15) is 53.4 Å². The topological polar surface area (TPSA) is 168 Å². The molecule has 13 heteroatoms. The lowest BCUT2D eigenvalue weighted by Gasteiger charge is -2.32. The molecule has 2 heterocycles. The van der Waals surface area contributed by atoms with Gasteiger partial charge in [-0.1, -0.05) is 6.92 Å². The van der Waals surface area contributed by atoms with Gasteiger partial charge in [0.2, 0.25) is 11.5 Å². The number of halogens is 4. The Morgan fingerprint density at radius 3 is 2.43 bits per heavy atom. The molecule has 5 rings (SSSR count). The fraction of sp³-hybridized carbons (Fsp3) is 0.323. The zero-order valence-corrected chi connectivity index (χ0v) is 23.8. The SMILES string of the molecule is CC[C@]1(C(N)=O)COc2c1cc([C@@](O)(CNC(=O)c1ccc([NH3+])c(/C=C(\N)C3CC3)c1)C(F)(F)F)nc2-c1ccc(F)cc1. The van der Waals surface area contributed by atoms with E-state index in [1.807, 2.05) is 0 Å². The number of carbonyl (C=O) groups excluding carboxylic acids is 2. The molecule has 44 heavy (non-hydrogen) atoms. The van der Waals surface area contributed by atoms with E-state index >= 15 is 0 Å². The van der Waals surface area contributed by atoms with Crippen LogP contribution in [0.15, 0.2) is 54.2 Å². The van der Waals surface area contributed by atoms with Gasteiger partial charge in [-0.15, -0.1) is 0 Å². The summed E-state index contributed by atoms with van der Waals surface area (Å²) in [6.45, 7) is 0.0386. The van der Waals surface area contributed by atoms with Gasteiger partial charge in [-0.2, -0.15) is 13.2 Å². The number of alkyl halides is 3. The fourth-order valence-corrected chi connectivity index (χ4v) is 5.22. The first kappa shape index (κ1) is 31.0. The number of nitrogens with one attached hydrogen (secondary N) is 1. The summed E-state index contributed by atoms with van der Waals surface area (Å²) in [7, 11) is 0. The maximum Gasteiger partial charge on any atom is 0.424 e. The van der Waals surface area contributed by atoms with E-state index in [4.69, 9.17) is 16.2 Å². The van der Waals surface area contributed by atoms with Gasteiger partial charge in [0.1, 0.15) is 35.0 Å². The first-order valence-electron chi connectivity index (χ1n) is 13.9. The van der Waals surface area contributed by atoms with E-state index in [2.05, 4.69) is 16.0 Å². The lowest BCUT2D eigenvalue weighted by Crippen LogP contribution is -2.52. The minimum atomic E-state index is -5.34. The molecule has 0 saturated heterocycles. The van der Waals surface area contributed by atoms with E-state index in [9.17, 15) is 32.3 Å². The van der Waals surface area contributed by atoms with Crippen molar-refractivity contribution in [1.82, 2.24) is 10.3 Å². The number of allylic oxidation sites excluding steroid dienone is 1. The number of quaternary nitrogens is 1. The number of carbonyl (C=O) groups is 2. The quantitative estimate of drug-likeness (QED) is 0.232. The second-order valence-corrected chi connectivity index (χ2v) is 11.2. The maximum atomic E-state index is 14.7. The summed E-state index contributed by atoms with van der Waals surface area (Å²) in [5.74, 6) is -2.09. The summed E-state index contributed by atoms with van der Waals surface area (Å²) in [6.07, 6.45) is -1.67. The summed E-state index contributed by atoms with van der Waals surface area (Å²) in [4.78, 5) is 29.8. The maximum absolute atomic E-state index is 14.7. The summed E-state index contributed by atoms with van der Waals surface area (Å²) in [5, 5.41) is 13.5. The molecule has 1 aliphatic heterocycles. The Balaban J connectivity index is 1.55. The van der Waals surface area contributed by atoms with Crippen LogP contribution in [-0.4, -0.2) is 41.2 Å². The second kappa shape index (κ2) is 11.2.